The fourth-order valence-corrected chi connectivity index (χ4v) is 3.42. The molecule has 36 heavy (non-hydrogen) atoms. The number of pyridine rings is 1. The Bertz CT molecular complexity index is 1360. The third-order valence-corrected chi connectivity index (χ3v) is 5.68. The van der Waals surface area contributed by atoms with Gasteiger partial charge in [0.1, 0.15) is 11.2 Å². The third-order valence-electron chi connectivity index (χ3n) is 5.68. The molecule has 14 heteroatoms. The van der Waals surface area contributed by atoms with Gasteiger partial charge in [0.05, 0.1) is 31.5 Å². The van der Waals surface area contributed by atoms with Crippen molar-refractivity contribution >= 4 is 0 Å². The summed E-state index contributed by atoms with van der Waals surface area (Å²) in [4.78, 5) is 30.8. The van der Waals surface area contributed by atoms with Crippen molar-refractivity contribution in [2.24, 2.45) is 11.3 Å². The number of aliphatic hydroxyl groups excluding tert-OH is 1. The van der Waals surface area contributed by atoms with Crippen LogP contribution in [0.1, 0.15) is 23.9 Å². The highest BCUT2D eigenvalue weighted by Crippen LogP contribution is 2.46. The number of rotatable bonds is 8. The number of H-pyrrole nitrogens is 1. The van der Waals surface area contributed by atoms with Crippen molar-refractivity contribution < 1.29 is 36.2 Å². The normalized spacial score (nSPS) is 19.9. The highest BCUT2D eigenvalue weighted by molar-refractivity contribution is 5.36. The Kier molecular flexibility index (Phi) is 7.44. The molecule has 2 N–H and O–H groups in total. The van der Waals surface area contributed by atoms with E-state index in [4.69, 9.17) is 9.84 Å². The molecule has 0 fully saturated rings. The number of aliphatic hydroxyl groups is 1. The van der Waals surface area contributed by atoms with Crippen molar-refractivity contribution in [2.45, 2.75) is 38.8 Å². The molecule has 8 nitrogen and oxygen atoms in total. The predicted octanol–water partition coefficient (Wildman–Crippen LogP) is 3.07. The zero-order chi connectivity index (χ0) is 26.8. The van der Waals surface area contributed by atoms with Crippen molar-refractivity contribution in [1.82, 2.24) is 14.5 Å². The smallest absolute Gasteiger partial charge is 0.352 e. The molecule has 0 radical (unpaired) electrons. The number of nitriles is 1. The number of nitrogens with zero attached hydrogens (tertiary/aromatic N) is 3. The molecular formula is C22H18F6N4O4. The first-order chi connectivity index (χ1) is 16.9. The minimum Gasteiger partial charge on any atom is -0.453 e. The molecule has 3 rings (SSSR count). The molecule has 0 aliphatic heterocycles. The van der Waals surface area contributed by atoms with Gasteiger partial charge in [0.15, 0.2) is 5.69 Å². The second-order valence-corrected chi connectivity index (χ2v) is 7.98. The van der Waals surface area contributed by atoms with Gasteiger partial charge in [0, 0.05) is 11.3 Å². The van der Waals surface area contributed by atoms with Gasteiger partial charge in [-0.25, -0.2) is 22.5 Å². The molecular weight excluding hydrogens is 498 g/mol. The second kappa shape index (κ2) is 10.0. The van der Waals surface area contributed by atoms with Gasteiger partial charge in [0.25, 0.3) is 17.5 Å². The van der Waals surface area contributed by atoms with Crippen molar-refractivity contribution in [1.29, 1.82) is 5.26 Å². The van der Waals surface area contributed by atoms with Gasteiger partial charge in [0.2, 0.25) is 5.75 Å². The maximum atomic E-state index is 14.3. The summed E-state index contributed by atoms with van der Waals surface area (Å²) in [5.41, 5.74) is -6.39. The molecule has 1 aliphatic carbocycles. The standard InChI is InChI=1S/C22H18F6N4O4/c1-21(19(23)24)12(7-29)3-2-4-14(21)36-15-16(22(27,28)20(25)26)30-10-32(18(15)35)8-11-5-6-13(9-33)31-17(11)34/h2-6,10,12,19-20,33H,8-9H2,1H3,(H,31,34). The monoisotopic (exact) mass is 516 g/mol. The van der Waals surface area contributed by atoms with Crippen LogP contribution in [0.15, 0.2) is 52.0 Å². The molecule has 2 unspecified atom stereocenters. The Hall–Kier alpha value is -3.86. The summed E-state index contributed by atoms with van der Waals surface area (Å²) >= 11 is 0. The Balaban J connectivity index is 2.17. The van der Waals surface area contributed by atoms with Crippen molar-refractivity contribution in [3.8, 4) is 11.8 Å². The van der Waals surface area contributed by atoms with Gasteiger partial charge in [-0.15, -0.1) is 0 Å². The summed E-state index contributed by atoms with van der Waals surface area (Å²) in [5, 5.41) is 18.4. The topological polar surface area (TPSA) is 121 Å². The van der Waals surface area contributed by atoms with Crippen LogP contribution in [-0.2, 0) is 19.1 Å². The van der Waals surface area contributed by atoms with Crippen LogP contribution < -0.4 is 15.9 Å². The van der Waals surface area contributed by atoms with E-state index in [0.717, 1.165) is 25.2 Å². The van der Waals surface area contributed by atoms with Crippen LogP contribution in [0.2, 0.25) is 0 Å². The van der Waals surface area contributed by atoms with Gasteiger partial charge >= 0.3 is 12.3 Å². The largest absolute Gasteiger partial charge is 0.453 e. The van der Waals surface area contributed by atoms with Crippen LogP contribution in [0.25, 0.3) is 0 Å². The van der Waals surface area contributed by atoms with Crippen LogP contribution in [0, 0.1) is 22.7 Å². The van der Waals surface area contributed by atoms with Crippen molar-refractivity contribution in [3.05, 3.63) is 80.1 Å². The molecule has 0 saturated heterocycles. The quantitative estimate of drug-likeness (QED) is 0.521. The molecule has 0 saturated carbocycles. The zero-order valence-electron chi connectivity index (χ0n) is 18.4. The highest BCUT2D eigenvalue weighted by atomic mass is 19.3. The number of aromatic nitrogens is 3. The van der Waals surface area contributed by atoms with E-state index < -0.39 is 71.6 Å². The van der Waals surface area contributed by atoms with Crippen LogP contribution in [0.5, 0.6) is 5.75 Å². The van der Waals surface area contributed by atoms with Crippen LogP contribution in [-0.4, -0.2) is 32.5 Å². The number of ether oxygens (including phenoxy) is 1. The maximum absolute atomic E-state index is 14.3. The maximum Gasteiger partial charge on any atom is 0.352 e. The molecule has 0 aromatic carbocycles. The third kappa shape index (κ3) is 4.66. The Morgan fingerprint density at radius 2 is 2.00 bits per heavy atom. The number of hydrogen-bond acceptors (Lipinski definition) is 6. The van der Waals surface area contributed by atoms with Crippen molar-refractivity contribution in [3.63, 3.8) is 0 Å². The lowest BCUT2D eigenvalue weighted by Gasteiger charge is -2.35. The van der Waals surface area contributed by atoms with E-state index in [2.05, 4.69) is 9.97 Å². The first kappa shape index (κ1) is 26.7. The number of alkyl halides is 6. The lowest BCUT2D eigenvalue weighted by molar-refractivity contribution is -0.139. The Morgan fingerprint density at radius 1 is 1.31 bits per heavy atom. The molecule has 2 aromatic heterocycles. The SMILES string of the molecule is CC1(C(F)F)C(Oc2c(C(F)(F)C(F)F)ncn(Cc3ccc(CO)[nH]c3=O)c2=O)=CC=CC1C#N. The van der Waals surface area contributed by atoms with Crippen LogP contribution in [0.4, 0.5) is 26.3 Å². The molecule has 1 aliphatic rings. The number of halogens is 6. The number of nitrogens with one attached hydrogen (secondary N) is 1. The molecule has 0 spiro atoms. The summed E-state index contributed by atoms with van der Waals surface area (Å²) in [7, 11) is 0. The van der Waals surface area contributed by atoms with E-state index in [1.807, 2.05) is 0 Å². The van der Waals surface area contributed by atoms with E-state index in [1.165, 1.54) is 12.1 Å². The number of aromatic amines is 1. The fourth-order valence-electron chi connectivity index (χ4n) is 3.42. The molecule has 192 valence electrons. The van der Waals surface area contributed by atoms with E-state index in [0.29, 0.717) is 10.9 Å². The lowest BCUT2D eigenvalue weighted by Crippen LogP contribution is -2.40. The number of allylic oxidation sites excluding steroid dienone is 4. The molecule has 0 bridgehead atoms. The summed E-state index contributed by atoms with van der Waals surface area (Å²) in [6.07, 6.45) is -3.99. The van der Waals surface area contributed by atoms with E-state index in [9.17, 15) is 41.2 Å². The van der Waals surface area contributed by atoms with Gasteiger partial charge in [-0.2, -0.15) is 14.0 Å². The number of hydrogen-bond donors (Lipinski definition) is 2. The highest BCUT2D eigenvalue weighted by Gasteiger charge is 2.51. The fraction of sp³-hybridized carbons (Fsp3) is 0.364. The van der Waals surface area contributed by atoms with Gasteiger partial charge in [-0.1, -0.05) is 12.2 Å². The van der Waals surface area contributed by atoms with Crippen LogP contribution >= 0.6 is 0 Å². The summed E-state index contributed by atoms with van der Waals surface area (Å²) in [6, 6.07) is 4.15. The predicted molar refractivity (Wildman–Crippen MR) is 112 cm³/mol. The van der Waals surface area contributed by atoms with E-state index >= 15 is 0 Å². The summed E-state index contributed by atoms with van der Waals surface area (Å²) < 4.78 is 88.7. The minimum atomic E-state index is -5.01. The van der Waals surface area contributed by atoms with Gasteiger partial charge in [-0.05, 0) is 25.1 Å². The molecule has 2 heterocycles. The molecule has 0 amide bonds. The van der Waals surface area contributed by atoms with Crippen molar-refractivity contribution in [2.75, 3.05) is 0 Å². The van der Waals surface area contributed by atoms with E-state index in [1.54, 1.807) is 6.07 Å². The Labute approximate surface area is 198 Å². The summed E-state index contributed by atoms with van der Waals surface area (Å²) in [5.74, 6) is -8.76. The second-order valence-electron chi connectivity index (χ2n) is 7.98. The summed E-state index contributed by atoms with van der Waals surface area (Å²) in [6.45, 7) is -0.193. The minimum absolute atomic E-state index is 0.0998. The van der Waals surface area contributed by atoms with Gasteiger partial charge in [-0.3, -0.25) is 14.2 Å². The average Bonchev–Trinajstić information content (AvgIpc) is 2.83. The van der Waals surface area contributed by atoms with E-state index in [-0.39, 0.29) is 11.3 Å². The van der Waals surface area contributed by atoms with Gasteiger partial charge < -0.3 is 14.8 Å². The average molecular weight is 516 g/mol. The lowest BCUT2D eigenvalue weighted by atomic mass is 9.73. The van der Waals surface area contributed by atoms with Crippen LogP contribution in [0.3, 0.4) is 0 Å². The molecule has 2 atom stereocenters. The molecule has 2 aromatic rings. The zero-order valence-corrected chi connectivity index (χ0v) is 18.4. The first-order valence-electron chi connectivity index (χ1n) is 10.2. The Morgan fingerprint density at radius 3 is 2.56 bits per heavy atom. The first-order valence-corrected chi connectivity index (χ1v) is 10.2.